The Morgan fingerprint density at radius 2 is 1.89 bits per heavy atom. The molecular weight excluding hydrogens is 243 g/mol. The largest absolute Gasteiger partial charge is 0.346 e. The van der Waals surface area contributed by atoms with Gasteiger partial charge in [-0.15, -0.1) is 0 Å². The molecule has 3 nitrogen and oxygen atoms in total. The summed E-state index contributed by atoms with van der Waals surface area (Å²) in [7, 11) is 1.84. The van der Waals surface area contributed by atoms with E-state index in [1.54, 1.807) is 23.6 Å². The molecule has 0 saturated carbocycles. The summed E-state index contributed by atoms with van der Waals surface area (Å²) in [5.74, 6) is -0.456. The lowest BCUT2D eigenvalue weighted by Gasteiger charge is -2.08. The van der Waals surface area contributed by atoms with E-state index in [4.69, 9.17) is 0 Å². The third kappa shape index (κ3) is 2.52. The summed E-state index contributed by atoms with van der Waals surface area (Å²) < 4.78 is 15.0. The third-order valence-electron chi connectivity index (χ3n) is 3.32. The minimum absolute atomic E-state index is 0.181. The number of amides is 1. The Labute approximate surface area is 112 Å². The van der Waals surface area contributed by atoms with Gasteiger partial charge in [0.05, 0.1) is 0 Å². The highest BCUT2D eigenvalue weighted by atomic mass is 19.1. The quantitative estimate of drug-likeness (QED) is 0.882. The number of aryl methyl sites for hydroxylation is 3. The Morgan fingerprint density at radius 3 is 2.42 bits per heavy atom. The van der Waals surface area contributed by atoms with Crippen LogP contribution in [0.2, 0.25) is 0 Å². The molecule has 19 heavy (non-hydrogen) atoms. The lowest BCUT2D eigenvalue weighted by Crippen LogP contribution is -2.16. The van der Waals surface area contributed by atoms with Gasteiger partial charge >= 0.3 is 0 Å². The van der Waals surface area contributed by atoms with Crippen LogP contribution in [-0.2, 0) is 7.05 Å². The van der Waals surface area contributed by atoms with Gasteiger partial charge in [-0.25, -0.2) is 4.39 Å². The summed E-state index contributed by atoms with van der Waals surface area (Å²) >= 11 is 0. The monoisotopic (exact) mass is 260 g/mol. The maximum Gasteiger partial charge on any atom is 0.272 e. The number of benzene rings is 1. The first-order chi connectivity index (χ1) is 8.90. The lowest BCUT2D eigenvalue weighted by molar-refractivity contribution is 0.101. The molecule has 0 radical (unpaired) electrons. The number of rotatable bonds is 2. The van der Waals surface area contributed by atoms with Gasteiger partial charge in [-0.3, -0.25) is 4.79 Å². The Morgan fingerprint density at radius 1 is 1.21 bits per heavy atom. The van der Waals surface area contributed by atoms with E-state index in [9.17, 15) is 9.18 Å². The molecule has 0 spiro atoms. The van der Waals surface area contributed by atoms with Crippen LogP contribution in [0.5, 0.6) is 0 Å². The Balaban J connectivity index is 2.28. The fourth-order valence-corrected chi connectivity index (χ4v) is 2.15. The van der Waals surface area contributed by atoms with E-state index < -0.39 is 0 Å². The standard InChI is InChI=1S/C15H17FN2O/c1-9-7-12(5-6-13(9)16)17-15(19)14-11(3)10(2)8-18(14)4/h5-8H,1-4H3,(H,17,19). The van der Waals surface area contributed by atoms with E-state index in [0.717, 1.165) is 11.1 Å². The van der Waals surface area contributed by atoms with Gasteiger partial charge in [-0.05, 0) is 55.7 Å². The minimum atomic E-state index is -0.274. The second-order valence-electron chi connectivity index (χ2n) is 4.81. The molecule has 100 valence electrons. The van der Waals surface area contributed by atoms with Gasteiger partial charge in [0.25, 0.3) is 5.91 Å². The summed E-state index contributed by atoms with van der Waals surface area (Å²) in [6.45, 7) is 5.55. The molecule has 1 heterocycles. The van der Waals surface area contributed by atoms with Crippen LogP contribution in [0.3, 0.4) is 0 Å². The fourth-order valence-electron chi connectivity index (χ4n) is 2.15. The normalized spacial score (nSPS) is 10.6. The number of anilines is 1. The van der Waals surface area contributed by atoms with Crippen molar-refractivity contribution in [3.8, 4) is 0 Å². The van der Waals surface area contributed by atoms with Gasteiger partial charge in [0.15, 0.2) is 0 Å². The minimum Gasteiger partial charge on any atom is -0.346 e. The molecule has 0 aliphatic carbocycles. The summed E-state index contributed by atoms with van der Waals surface area (Å²) in [5.41, 5.74) is 3.76. The van der Waals surface area contributed by atoms with Crippen molar-refractivity contribution in [3.05, 3.63) is 52.6 Å². The lowest BCUT2D eigenvalue weighted by atomic mass is 10.1. The highest BCUT2D eigenvalue weighted by molar-refractivity contribution is 6.04. The highest BCUT2D eigenvalue weighted by Crippen LogP contribution is 2.18. The van der Waals surface area contributed by atoms with E-state index in [0.29, 0.717) is 16.9 Å². The molecule has 2 aromatic rings. The summed E-state index contributed by atoms with van der Waals surface area (Å²) in [6.07, 6.45) is 1.92. The molecule has 0 aliphatic heterocycles. The molecular formula is C15H17FN2O. The van der Waals surface area contributed by atoms with E-state index in [2.05, 4.69) is 5.32 Å². The number of nitrogens with one attached hydrogen (secondary N) is 1. The molecule has 1 amide bonds. The van der Waals surface area contributed by atoms with Gasteiger partial charge in [0, 0.05) is 18.9 Å². The first-order valence-corrected chi connectivity index (χ1v) is 6.10. The molecule has 2 rings (SSSR count). The molecule has 0 fully saturated rings. The van der Waals surface area contributed by atoms with Crippen LogP contribution in [0, 0.1) is 26.6 Å². The van der Waals surface area contributed by atoms with Crippen LogP contribution in [0.25, 0.3) is 0 Å². The van der Waals surface area contributed by atoms with E-state index >= 15 is 0 Å². The summed E-state index contributed by atoms with van der Waals surface area (Å²) in [5, 5.41) is 2.79. The van der Waals surface area contributed by atoms with Gasteiger partial charge in [0.2, 0.25) is 0 Å². The molecule has 0 unspecified atom stereocenters. The third-order valence-corrected chi connectivity index (χ3v) is 3.32. The van der Waals surface area contributed by atoms with Crippen LogP contribution >= 0.6 is 0 Å². The number of halogens is 1. The van der Waals surface area contributed by atoms with Crippen LogP contribution in [0.4, 0.5) is 10.1 Å². The van der Waals surface area contributed by atoms with Crippen LogP contribution < -0.4 is 5.32 Å². The molecule has 0 aliphatic rings. The van der Waals surface area contributed by atoms with Gasteiger partial charge in [-0.1, -0.05) is 0 Å². The zero-order valence-electron chi connectivity index (χ0n) is 11.5. The first kappa shape index (κ1) is 13.3. The second-order valence-corrected chi connectivity index (χ2v) is 4.81. The molecule has 1 aromatic heterocycles. The van der Waals surface area contributed by atoms with Crippen molar-refractivity contribution in [1.29, 1.82) is 0 Å². The number of aromatic nitrogens is 1. The van der Waals surface area contributed by atoms with Crippen LogP contribution in [0.15, 0.2) is 24.4 Å². The summed E-state index contributed by atoms with van der Waals surface area (Å²) in [6, 6.07) is 4.54. The van der Waals surface area contributed by atoms with Crippen LogP contribution in [0.1, 0.15) is 27.2 Å². The smallest absolute Gasteiger partial charge is 0.272 e. The Bertz CT molecular complexity index is 644. The molecule has 0 saturated heterocycles. The van der Waals surface area contributed by atoms with Crippen LogP contribution in [-0.4, -0.2) is 10.5 Å². The average Bonchev–Trinajstić information content (AvgIpc) is 2.58. The maximum absolute atomic E-state index is 13.2. The zero-order chi connectivity index (χ0) is 14.2. The van der Waals surface area contributed by atoms with E-state index in [1.165, 1.54) is 6.07 Å². The Hall–Kier alpha value is -2.10. The number of hydrogen-bond donors (Lipinski definition) is 1. The number of hydrogen-bond acceptors (Lipinski definition) is 1. The number of nitrogens with zero attached hydrogens (tertiary/aromatic N) is 1. The van der Waals surface area contributed by atoms with Crippen molar-refractivity contribution >= 4 is 11.6 Å². The Kier molecular flexibility index (Phi) is 3.42. The van der Waals surface area contributed by atoms with Crippen molar-refractivity contribution in [2.75, 3.05) is 5.32 Å². The number of carbonyl (C=O) groups is 1. The van der Waals surface area contributed by atoms with Crippen molar-refractivity contribution in [2.24, 2.45) is 7.05 Å². The zero-order valence-corrected chi connectivity index (χ0v) is 11.5. The van der Waals surface area contributed by atoms with Crippen molar-refractivity contribution in [2.45, 2.75) is 20.8 Å². The van der Waals surface area contributed by atoms with Gasteiger partial charge in [-0.2, -0.15) is 0 Å². The average molecular weight is 260 g/mol. The molecule has 1 N–H and O–H groups in total. The summed E-state index contributed by atoms with van der Waals surface area (Å²) in [4.78, 5) is 12.2. The highest BCUT2D eigenvalue weighted by Gasteiger charge is 2.15. The molecule has 1 aromatic carbocycles. The fraction of sp³-hybridized carbons (Fsp3) is 0.267. The van der Waals surface area contributed by atoms with Gasteiger partial charge in [0.1, 0.15) is 11.5 Å². The van der Waals surface area contributed by atoms with Crippen molar-refractivity contribution < 1.29 is 9.18 Å². The van der Waals surface area contributed by atoms with Gasteiger partial charge < -0.3 is 9.88 Å². The topological polar surface area (TPSA) is 34.0 Å². The second kappa shape index (κ2) is 4.88. The maximum atomic E-state index is 13.2. The molecule has 0 atom stereocenters. The SMILES string of the molecule is Cc1cc(NC(=O)c2c(C)c(C)cn2C)ccc1F. The predicted octanol–water partition coefficient (Wildman–Crippen LogP) is 3.34. The number of carbonyl (C=O) groups excluding carboxylic acids is 1. The first-order valence-electron chi connectivity index (χ1n) is 6.10. The molecule has 4 heteroatoms. The van der Waals surface area contributed by atoms with E-state index in [1.807, 2.05) is 27.1 Å². The van der Waals surface area contributed by atoms with E-state index in [-0.39, 0.29) is 11.7 Å². The predicted molar refractivity (Wildman–Crippen MR) is 74.0 cm³/mol. The molecule has 0 bridgehead atoms. The van der Waals surface area contributed by atoms with Crippen molar-refractivity contribution in [1.82, 2.24) is 4.57 Å². The van der Waals surface area contributed by atoms with Crippen molar-refractivity contribution in [3.63, 3.8) is 0 Å².